The fourth-order valence-corrected chi connectivity index (χ4v) is 2.01. The molecule has 0 fully saturated rings. The Morgan fingerprint density at radius 2 is 1.71 bits per heavy atom. The zero-order valence-corrected chi connectivity index (χ0v) is 11.0. The van der Waals surface area contributed by atoms with Crippen molar-refractivity contribution >= 4 is 0 Å². The van der Waals surface area contributed by atoms with Crippen LogP contribution in [0.25, 0.3) is 0 Å². The third kappa shape index (κ3) is 5.83. The van der Waals surface area contributed by atoms with E-state index < -0.39 is 0 Å². The van der Waals surface area contributed by atoms with Crippen molar-refractivity contribution in [2.45, 2.75) is 39.5 Å². The molecule has 0 aliphatic heterocycles. The molecule has 96 valence electrons. The standard InChI is InChI=1S/C15H24FN/c1-3-13(4-2)9-11-17-12-10-14-5-7-15(16)8-6-14/h5-8,13,17H,3-4,9-12H2,1-2H3. The minimum absolute atomic E-state index is 0.157. The molecular weight excluding hydrogens is 213 g/mol. The van der Waals surface area contributed by atoms with Gasteiger partial charge in [-0.2, -0.15) is 0 Å². The molecule has 1 N–H and O–H groups in total. The summed E-state index contributed by atoms with van der Waals surface area (Å²) >= 11 is 0. The highest BCUT2D eigenvalue weighted by atomic mass is 19.1. The van der Waals surface area contributed by atoms with Crippen molar-refractivity contribution in [1.29, 1.82) is 0 Å². The zero-order chi connectivity index (χ0) is 12.5. The normalized spacial score (nSPS) is 11.1. The number of hydrogen-bond donors (Lipinski definition) is 1. The fourth-order valence-electron chi connectivity index (χ4n) is 2.01. The van der Waals surface area contributed by atoms with Gasteiger partial charge in [0, 0.05) is 0 Å². The van der Waals surface area contributed by atoms with Crippen LogP contribution in [0.1, 0.15) is 38.7 Å². The number of halogens is 1. The van der Waals surface area contributed by atoms with Gasteiger partial charge in [-0.25, -0.2) is 4.39 Å². The van der Waals surface area contributed by atoms with Gasteiger partial charge in [-0.05, 0) is 49.5 Å². The van der Waals surface area contributed by atoms with Gasteiger partial charge in [0.05, 0.1) is 0 Å². The summed E-state index contributed by atoms with van der Waals surface area (Å²) in [6.07, 6.45) is 4.78. The van der Waals surface area contributed by atoms with Crippen molar-refractivity contribution in [3.8, 4) is 0 Å². The summed E-state index contributed by atoms with van der Waals surface area (Å²) in [4.78, 5) is 0. The molecule has 0 aliphatic rings. The quantitative estimate of drug-likeness (QED) is 0.678. The summed E-state index contributed by atoms with van der Waals surface area (Å²) in [5.74, 6) is 0.698. The largest absolute Gasteiger partial charge is 0.316 e. The lowest BCUT2D eigenvalue weighted by atomic mass is 10.00. The Labute approximate surface area is 104 Å². The second-order valence-electron chi connectivity index (χ2n) is 4.60. The Morgan fingerprint density at radius 3 is 2.29 bits per heavy atom. The van der Waals surface area contributed by atoms with Crippen molar-refractivity contribution in [1.82, 2.24) is 5.32 Å². The maximum Gasteiger partial charge on any atom is 0.123 e. The molecule has 0 aromatic heterocycles. The maximum atomic E-state index is 12.7. The van der Waals surface area contributed by atoms with Gasteiger partial charge in [-0.15, -0.1) is 0 Å². The van der Waals surface area contributed by atoms with Gasteiger partial charge >= 0.3 is 0 Å². The number of hydrogen-bond acceptors (Lipinski definition) is 1. The van der Waals surface area contributed by atoms with Crippen LogP contribution >= 0.6 is 0 Å². The van der Waals surface area contributed by atoms with Crippen molar-refractivity contribution in [2.24, 2.45) is 5.92 Å². The van der Waals surface area contributed by atoms with Crippen LogP contribution in [-0.2, 0) is 6.42 Å². The molecule has 0 spiro atoms. The van der Waals surface area contributed by atoms with Crippen LogP contribution in [0.2, 0.25) is 0 Å². The molecule has 1 nitrogen and oxygen atoms in total. The highest BCUT2D eigenvalue weighted by molar-refractivity contribution is 5.16. The highest BCUT2D eigenvalue weighted by Crippen LogP contribution is 2.10. The Bertz CT molecular complexity index is 290. The van der Waals surface area contributed by atoms with E-state index in [1.807, 2.05) is 12.1 Å². The first-order chi connectivity index (χ1) is 8.26. The van der Waals surface area contributed by atoms with Crippen molar-refractivity contribution in [2.75, 3.05) is 13.1 Å². The van der Waals surface area contributed by atoms with E-state index >= 15 is 0 Å². The second-order valence-corrected chi connectivity index (χ2v) is 4.60. The van der Waals surface area contributed by atoms with Gasteiger partial charge in [0.1, 0.15) is 5.82 Å². The highest BCUT2D eigenvalue weighted by Gasteiger charge is 2.02. The van der Waals surface area contributed by atoms with E-state index in [1.165, 1.54) is 37.0 Å². The molecule has 17 heavy (non-hydrogen) atoms. The average molecular weight is 237 g/mol. The number of benzene rings is 1. The fraction of sp³-hybridized carbons (Fsp3) is 0.600. The van der Waals surface area contributed by atoms with E-state index in [1.54, 1.807) is 0 Å². The molecule has 1 rings (SSSR count). The van der Waals surface area contributed by atoms with Gasteiger partial charge < -0.3 is 5.32 Å². The van der Waals surface area contributed by atoms with Crippen LogP contribution in [-0.4, -0.2) is 13.1 Å². The lowest BCUT2D eigenvalue weighted by molar-refractivity contribution is 0.440. The van der Waals surface area contributed by atoms with E-state index in [4.69, 9.17) is 0 Å². The molecule has 0 bridgehead atoms. The summed E-state index contributed by atoms with van der Waals surface area (Å²) in [6.45, 7) is 6.58. The lowest BCUT2D eigenvalue weighted by Gasteiger charge is -2.12. The average Bonchev–Trinajstić information content (AvgIpc) is 2.36. The number of rotatable bonds is 8. The minimum Gasteiger partial charge on any atom is -0.316 e. The topological polar surface area (TPSA) is 12.0 Å². The van der Waals surface area contributed by atoms with Gasteiger partial charge in [-0.3, -0.25) is 0 Å². The predicted octanol–water partition coefficient (Wildman–Crippen LogP) is 3.78. The molecule has 0 atom stereocenters. The van der Waals surface area contributed by atoms with Gasteiger partial charge in [0.15, 0.2) is 0 Å². The van der Waals surface area contributed by atoms with Crippen LogP contribution in [0, 0.1) is 11.7 Å². The molecule has 2 heteroatoms. The van der Waals surface area contributed by atoms with Crippen molar-refractivity contribution < 1.29 is 4.39 Å². The SMILES string of the molecule is CCC(CC)CCNCCc1ccc(F)cc1. The van der Waals surface area contributed by atoms with E-state index in [2.05, 4.69) is 19.2 Å². The van der Waals surface area contributed by atoms with Crippen molar-refractivity contribution in [3.05, 3.63) is 35.6 Å². The Hall–Kier alpha value is -0.890. The van der Waals surface area contributed by atoms with Crippen molar-refractivity contribution in [3.63, 3.8) is 0 Å². The van der Waals surface area contributed by atoms with E-state index in [-0.39, 0.29) is 5.82 Å². The molecule has 0 radical (unpaired) electrons. The first-order valence-corrected chi connectivity index (χ1v) is 6.71. The lowest BCUT2D eigenvalue weighted by Crippen LogP contribution is -2.20. The Kier molecular flexibility index (Phi) is 6.87. The Morgan fingerprint density at radius 1 is 1.06 bits per heavy atom. The summed E-state index contributed by atoms with van der Waals surface area (Å²) in [6, 6.07) is 6.77. The van der Waals surface area contributed by atoms with Crippen LogP contribution in [0.5, 0.6) is 0 Å². The monoisotopic (exact) mass is 237 g/mol. The van der Waals surface area contributed by atoms with E-state index in [0.29, 0.717) is 0 Å². The molecule has 0 unspecified atom stereocenters. The number of nitrogens with one attached hydrogen (secondary N) is 1. The molecule has 0 amide bonds. The van der Waals surface area contributed by atoms with E-state index in [0.717, 1.165) is 25.4 Å². The molecule has 1 aromatic carbocycles. The predicted molar refractivity (Wildman–Crippen MR) is 71.7 cm³/mol. The molecular formula is C15H24FN. The molecule has 1 aromatic rings. The summed E-state index contributed by atoms with van der Waals surface area (Å²) in [7, 11) is 0. The smallest absolute Gasteiger partial charge is 0.123 e. The summed E-state index contributed by atoms with van der Waals surface area (Å²) in [5, 5.41) is 3.45. The first-order valence-electron chi connectivity index (χ1n) is 6.71. The summed E-state index contributed by atoms with van der Waals surface area (Å²) in [5.41, 5.74) is 1.20. The Balaban J connectivity index is 2.10. The minimum atomic E-state index is -0.157. The molecule has 0 heterocycles. The molecule has 0 aliphatic carbocycles. The zero-order valence-electron chi connectivity index (χ0n) is 11.0. The van der Waals surface area contributed by atoms with Gasteiger partial charge in [0.25, 0.3) is 0 Å². The van der Waals surface area contributed by atoms with Crippen LogP contribution in [0.3, 0.4) is 0 Å². The van der Waals surface area contributed by atoms with Crippen LogP contribution in [0.4, 0.5) is 4.39 Å². The third-order valence-corrected chi connectivity index (χ3v) is 3.39. The van der Waals surface area contributed by atoms with Crippen LogP contribution < -0.4 is 5.32 Å². The summed E-state index contributed by atoms with van der Waals surface area (Å²) < 4.78 is 12.7. The molecule has 0 saturated heterocycles. The second kappa shape index (κ2) is 8.24. The van der Waals surface area contributed by atoms with Crippen LogP contribution in [0.15, 0.2) is 24.3 Å². The molecule has 0 saturated carbocycles. The van der Waals surface area contributed by atoms with E-state index in [9.17, 15) is 4.39 Å². The first kappa shape index (κ1) is 14.2. The van der Waals surface area contributed by atoms with Gasteiger partial charge in [0.2, 0.25) is 0 Å². The van der Waals surface area contributed by atoms with Gasteiger partial charge in [-0.1, -0.05) is 38.8 Å². The third-order valence-electron chi connectivity index (χ3n) is 3.39. The maximum absolute atomic E-state index is 12.7.